The standard InChI is InChI=1S/C3H6N2O6/c1-3(7,5(10)11)2(6)4(8)9/h2,6-7H,1H3. The van der Waals surface area contributed by atoms with Crippen LogP contribution in [-0.2, 0) is 0 Å². The average molecular weight is 166 g/mol. The molecule has 8 nitrogen and oxygen atoms in total. The second kappa shape index (κ2) is 2.76. The van der Waals surface area contributed by atoms with Crippen LogP contribution in [0.3, 0.4) is 0 Å². The first-order valence-electron chi connectivity index (χ1n) is 2.48. The van der Waals surface area contributed by atoms with Gasteiger partial charge < -0.3 is 10.2 Å². The predicted octanol–water partition coefficient (Wildman–Crippen LogP) is -1.43. The van der Waals surface area contributed by atoms with Gasteiger partial charge in [-0.15, -0.1) is 0 Å². The highest BCUT2D eigenvalue weighted by atomic mass is 16.7. The normalized spacial score (nSPS) is 18.5. The fourth-order valence-corrected chi connectivity index (χ4v) is 0.294. The van der Waals surface area contributed by atoms with E-state index in [1.165, 1.54) is 0 Å². The van der Waals surface area contributed by atoms with Crippen LogP contribution in [0.15, 0.2) is 0 Å². The van der Waals surface area contributed by atoms with E-state index in [4.69, 9.17) is 10.2 Å². The van der Waals surface area contributed by atoms with Gasteiger partial charge in [0.15, 0.2) is 0 Å². The van der Waals surface area contributed by atoms with E-state index in [-0.39, 0.29) is 0 Å². The Bertz CT molecular complexity index is 188. The highest BCUT2D eigenvalue weighted by Gasteiger charge is 2.52. The molecular weight excluding hydrogens is 160 g/mol. The van der Waals surface area contributed by atoms with E-state index >= 15 is 0 Å². The van der Waals surface area contributed by atoms with E-state index < -0.39 is 21.8 Å². The van der Waals surface area contributed by atoms with Gasteiger partial charge in [0.2, 0.25) is 0 Å². The lowest BCUT2D eigenvalue weighted by Gasteiger charge is -2.12. The van der Waals surface area contributed by atoms with Crippen LogP contribution in [0, 0.1) is 20.2 Å². The number of nitro groups is 2. The number of rotatable bonds is 3. The fourth-order valence-electron chi connectivity index (χ4n) is 0.294. The molecule has 0 heterocycles. The largest absolute Gasteiger partial charge is 0.413 e. The van der Waals surface area contributed by atoms with Crippen molar-refractivity contribution in [2.24, 2.45) is 0 Å². The van der Waals surface area contributed by atoms with E-state index in [2.05, 4.69) is 0 Å². The molecule has 0 aliphatic rings. The van der Waals surface area contributed by atoms with Crippen molar-refractivity contribution in [2.45, 2.75) is 18.9 Å². The van der Waals surface area contributed by atoms with Gasteiger partial charge >= 0.3 is 12.0 Å². The number of nitrogens with zero attached hydrogens (tertiary/aromatic N) is 2. The maximum atomic E-state index is 9.86. The van der Waals surface area contributed by atoms with Crippen LogP contribution in [-0.4, -0.2) is 32.0 Å². The maximum Gasteiger partial charge on any atom is 0.413 e. The van der Waals surface area contributed by atoms with Gasteiger partial charge in [0.1, 0.15) is 0 Å². The molecule has 8 heteroatoms. The van der Waals surface area contributed by atoms with Crippen LogP contribution in [0.4, 0.5) is 0 Å². The molecule has 0 saturated heterocycles. The lowest BCUT2D eigenvalue weighted by molar-refractivity contribution is -0.718. The fraction of sp³-hybridized carbons (Fsp3) is 1.00. The van der Waals surface area contributed by atoms with E-state index in [1.807, 2.05) is 0 Å². The maximum absolute atomic E-state index is 9.86. The summed E-state index contributed by atoms with van der Waals surface area (Å²) < 4.78 is 0. The predicted molar refractivity (Wildman–Crippen MR) is 30.6 cm³/mol. The van der Waals surface area contributed by atoms with Gasteiger partial charge in [-0.2, -0.15) is 0 Å². The van der Waals surface area contributed by atoms with E-state index in [0.29, 0.717) is 6.92 Å². The molecule has 0 aliphatic heterocycles. The van der Waals surface area contributed by atoms with Crippen LogP contribution in [0.5, 0.6) is 0 Å². The number of aliphatic hydroxyl groups is 2. The number of hydrogen-bond acceptors (Lipinski definition) is 6. The second-order valence-corrected chi connectivity index (χ2v) is 2.01. The zero-order valence-electron chi connectivity index (χ0n) is 5.50. The Kier molecular flexibility index (Phi) is 2.44. The Morgan fingerprint density at radius 3 is 1.91 bits per heavy atom. The van der Waals surface area contributed by atoms with Crippen molar-refractivity contribution in [1.29, 1.82) is 0 Å². The highest BCUT2D eigenvalue weighted by molar-refractivity contribution is 4.59. The summed E-state index contributed by atoms with van der Waals surface area (Å²) in [4.78, 5) is 16.9. The Labute approximate surface area is 60.4 Å². The van der Waals surface area contributed by atoms with Gasteiger partial charge in [-0.05, 0) is 0 Å². The average Bonchev–Trinajstić information content (AvgIpc) is 1.85. The molecule has 2 atom stereocenters. The molecular formula is C3H6N2O6. The molecule has 0 radical (unpaired) electrons. The van der Waals surface area contributed by atoms with E-state index in [9.17, 15) is 20.2 Å². The summed E-state index contributed by atoms with van der Waals surface area (Å²) in [6.07, 6.45) is -2.61. The Hall–Kier alpha value is -1.28. The topological polar surface area (TPSA) is 127 Å². The van der Waals surface area contributed by atoms with Gasteiger partial charge in [0.25, 0.3) is 0 Å². The minimum Gasteiger partial charge on any atom is -0.325 e. The third-order valence-electron chi connectivity index (χ3n) is 1.06. The van der Waals surface area contributed by atoms with Crippen molar-refractivity contribution >= 4 is 0 Å². The SMILES string of the molecule is CC(O)(C(O)[N+](=O)[O-])[N+](=O)[O-]. The molecule has 0 aromatic heterocycles. The summed E-state index contributed by atoms with van der Waals surface area (Å²) >= 11 is 0. The van der Waals surface area contributed by atoms with Crippen LogP contribution >= 0.6 is 0 Å². The molecule has 0 aromatic rings. The van der Waals surface area contributed by atoms with Crippen molar-refractivity contribution in [2.75, 3.05) is 0 Å². The summed E-state index contributed by atoms with van der Waals surface area (Å²) in [5.74, 6) is 0. The van der Waals surface area contributed by atoms with Gasteiger partial charge in [0, 0.05) is 6.92 Å². The summed E-state index contributed by atoms with van der Waals surface area (Å²) in [5, 5.41) is 36.7. The highest BCUT2D eigenvalue weighted by Crippen LogP contribution is 2.10. The molecule has 0 fully saturated rings. The smallest absolute Gasteiger partial charge is 0.325 e. The van der Waals surface area contributed by atoms with E-state index in [0.717, 1.165) is 0 Å². The lowest BCUT2D eigenvalue weighted by Crippen LogP contribution is -2.50. The zero-order chi connectivity index (χ0) is 9.23. The van der Waals surface area contributed by atoms with Gasteiger partial charge in [0.05, 0.1) is 9.85 Å². The zero-order valence-corrected chi connectivity index (χ0v) is 5.50. The quantitative estimate of drug-likeness (QED) is 0.300. The molecule has 2 N–H and O–H groups in total. The molecule has 0 aliphatic carbocycles. The first-order valence-corrected chi connectivity index (χ1v) is 2.48. The van der Waals surface area contributed by atoms with Gasteiger partial charge in [-0.1, -0.05) is 0 Å². The number of hydrogen-bond donors (Lipinski definition) is 2. The number of aliphatic hydroxyl groups excluding tert-OH is 1. The Balaban J connectivity index is 4.55. The molecule has 0 aromatic carbocycles. The first-order chi connectivity index (χ1) is 4.80. The minimum absolute atomic E-state index is 0.542. The molecule has 2 unspecified atom stereocenters. The van der Waals surface area contributed by atoms with Crippen LogP contribution in [0.1, 0.15) is 6.92 Å². The van der Waals surface area contributed by atoms with Crippen molar-refractivity contribution in [3.8, 4) is 0 Å². The van der Waals surface area contributed by atoms with Crippen LogP contribution in [0.2, 0.25) is 0 Å². The molecule has 0 spiro atoms. The molecule has 0 rings (SSSR count). The third-order valence-corrected chi connectivity index (χ3v) is 1.06. The van der Waals surface area contributed by atoms with Crippen molar-refractivity contribution in [1.82, 2.24) is 0 Å². The van der Waals surface area contributed by atoms with E-state index in [1.54, 1.807) is 0 Å². The second-order valence-electron chi connectivity index (χ2n) is 2.01. The van der Waals surface area contributed by atoms with Crippen molar-refractivity contribution in [3.05, 3.63) is 20.2 Å². The molecule has 0 bridgehead atoms. The Morgan fingerprint density at radius 1 is 1.45 bits per heavy atom. The van der Waals surface area contributed by atoms with Crippen LogP contribution in [0.25, 0.3) is 0 Å². The summed E-state index contributed by atoms with van der Waals surface area (Å²) in [6.45, 7) is 0.542. The lowest BCUT2D eigenvalue weighted by atomic mass is 10.2. The molecule has 64 valence electrons. The van der Waals surface area contributed by atoms with Gasteiger partial charge in [-0.3, -0.25) is 20.2 Å². The van der Waals surface area contributed by atoms with Gasteiger partial charge in [-0.25, -0.2) is 0 Å². The third kappa shape index (κ3) is 1.82. The monoisotopic (exact) mass is 166 g/mol. The summed E-state index contributed by atoms with van der Waals surface area (Å²) in [7, 11) is 0. The molecule has 0 saturated carbocycles. The van der Waals surface area contributed by atoms with Crippen molar-refractivity contribution < 1.29 is 20.1 Å². The first kappa shape index (κ1) is 9.72. The van der Waals surface area contributed by atoms with Crippen LogP contribution < -0.4 is 0 Å². The molecule has 11 heavy (non-hydrogen) atoms. The minimum atomic E-state index is -2.94. The summed E-state index contributed by atoms with van der Waals surface area (Å²) in [5.41, 5.74) is -2.94. The van der Waals surface area contributed by atoms with Crippen molar-refractivity contribution in [3.63, 3.8) is 0 Å². The Morgan fingerprint density at radius 2 is 1.82 bits per heavy atom. The molecule has 0 amide bonds. The summed E-state index contributed by atoms with van der Waals surface area (Å²) in [6, 6.07) is 0.